The van der Waals surface area contributed by atoms with E-state index in [4.69, 9.17) is 11.6 Å². The second-order valence-corrected chi connectivity index (χ2v) is 4.07. The number of imidazole rings is 1. The van der Waals surface area contributed by atoms with E-state index >= 15 is 0 Å². The van der Waals surface area contributed by atoms with Crippen LogP contribution in [0, 0.1) is 0 Å². The van der Waals surface area contributed by atoms with Crippen molar-refractivity contribution in [2.24, 2.45) is 0 Å². The van der Waals surface area contributed by atoms with Gasteiger partial charge in [0, 0.05) is 25.0 Å². The third-order valence-electron chi connectivity index (χ3n) is 1.96. The summed E-state index contributed by atoms with van der Waals surface area (Å²) in [5, 5.41) is 0.226. The molecule has 0 unspecified atom stereocenters. The molecule has 0 radical (unpaired) electrons. The van der Waals surface area contributed by atoms with Crippen LogP contribution in [0.4, 0.5) is 0 Å². The number of nitrogens with zero attached hydrogens (tertiary/aromatic N) is 4. The topological polar surface area (TPSA) is 43.6 Å². The molecule has 2 aromatic heterocycles. The maximum atomic E-state index is 5.75. The van der Waals surface area contributed by atoms with E-state index in [2.05, 4.69) is 30.9 Å². The summed E-state index contributed by atoms with van der Waals surface area (Å²) in [5.74, 6) is 1.65. The minimum Gasteiger partial charge on any atom is -0.287 e. The Bertz CT molecular complexity index is 483. The van der Waals surface area contributed by atoms with Crippen LogP contribution in [0.1, 0.15) is 12.7 Å². The first-order chi connectivity index (χ1) is 7.22. The van der Waals surface area contributed by atoms with Gasteiger partial charge in [-0.15, -0.1) is 0 Å². The Labute approximate surface area is 100 Å². The molecule has 0 fully saturated rings. The second-order valence-electron chi connectivity index (χ2n) is 2.88. The first kappa shape index (κ1) is 10.6. The van der Waals surface area contributed by atoms with Crippen LogP contribution < -0.4 is 0 Å². The van der Waals surface area contributed by atoms with Gasteiger partial charge in [0.1, 0.15) is 5.82 Å². The lowest BCUT2D eigenvalue weighted by atomic mass is 10.4. The highest BCUT2D eigenvalue weighted by atomic mass is 79.9. The summed E-state index contributed by atoms with van der Waals surface area (Å²) in [4.78, 5) is 12.3. The van der Waals surface area contributed by atoms with Crippen molar-refractivity contribution in [2.45, 2.75) is 13.3 Å². The summed E-state index contributed by atoms with van der Waals surface area (Å²) >= 11 is 9.14. The average Bonchev–Trinajstić information content (AvgIpc) is 2.69. The van der Waals surface area contributed by atoms with Gasteiger partial charge in [-0.25, -0.2) is 9.97 Å². The van der Waals surface area contributed by atoms with E-state index in [1.54, 1.807) is 12.4 Å². The van der Waals surface area contributed by atoms with Crippen molar-refractivity contribution in [3.05, 3.63) is 34.2 Å². The lowest BCUT2D eigenvalue weighted by Gasteiger charge is -2.06. The van der Waals surface area contributed by atoms with E-state index in [9.17, 15) is 0 Å². The van der Waals surface area contributed by atoms with Crippen molar-refractivity contribution in [1.29, 1.82) is 0 Å². The maximum absolute atomic E-state index is 5.75. The highest BCUT2D eigenvalue weighted by Gasteiger charge is 2.09. The molecule has 0 amide bonds. The van der Waals surface area contributed by atoms with Crippen molar-refractivity contribution < 1.29 is 0 Å². The van der Waals surface area contributed by atoms with Crippen LogP contribution in [0.2, 0.25) is 5.28 Å². The predicted octanol–water partition coefficient (Wildman–Crippen LogP) is 2.64. The molecule has 0 aliphatic heterocycles. The summed E-state index contributed by atoms with van der Waals surface area (Å²) in [6.07, 6.45) is 6.05. The van der Waals surface area contributed by atoms with Gasteiger partial charge >= 0.3 is 0 Å². The van der Waals surface area contributed by atoms with Gasteiger partial charge in [-0.1, -0.05) is 6.92 Å². The van der Waals surface area contributed by atoms with Crippen molar-refractivity contribution in [2.75, 3.05) is 0 Å². The fourth-order valence-electron chi connectivity index (χ4n) is 1.30. The van der Waals surface area contributed by atoms with Crippen LogP contribution in [0.15, 0.2) is 23.1 Å². The van der Waals surface area contributed by atoms with Crippen LogP contribution in [-0.2, 0) is 6.42 Å². The van der Waals surface area contributed by atoms with Crippen molar-refractivity contribution in [3.63, 3.8) is 0 Å². The van der Waals surface area contributed by atoms with Crippen molar-refractivity contribution in [3.8, 4) is 5.82 Å². The van der Waals surface area contributed by atoms with E-state index in [1.165, 1.54) is 0 Å². The summed E-state index contributed by atoms with van der Waals surface area (Å²) in [5.41, 5.74) is 0. The molecule has 0 aliphatic carbocycles. The lowest BCUT2D eigenvalue weighted by molar-refractivity contribution is 0.856. The first-order valence-corrected chi connectivity index (χ1v) is 5.60. The number of rotatable bonds is 2. The molecule has 4 nitrogen and oxygen atoms in total. The Kier molecular flexibility index (Phi) is 3.02. The van der Waals surface area contributed by atoms with E-state index in [-0.39, 0.29) is 5.28 Å². The van der Waals surface area contributed by atoms with Crippen LogP contribution in [0.3, 0.4) is 0 Å². The smallest absolute Gasteiger partial charge is 0.224 e. The van der Waals surface area contributed by atoms with Gasteiger partial charge in [0.25, 0.3) is 0 Å². The Morgan fingerprint density at radius 2 is 2.27 bits per heavy atom. The number of aromatic nitrogens is 4. The van der Waals surface area contributed by atoms with Crippen LogP contribution in [0.25, 0.3) is 5.82 Å². The summed E-state index contributed by atoms with van der Waals surface area (Å²) in [6, 6.07) is 0. The molecule has 0 N–H and O–H groups in total. The summed E-state index contributed by atoms with van der Waals surface area (Å²) in [7, 11) is 0. The second kappa shape index (κ2) is 4.28. The molecular weight excluding hydrogens is 279 g/mol. The van der Waals surface area contributed by atoms with Crippen molar-refractivity contribution >= 4 is 27.5 Å². The number of halogens is 2. The number of hydrogen-bond donors (Lipinski definition) is 0. The molecular formula is C9H8BrClN4. The molecule has 0 saturated heterocycles. The number of hydrogen-bond acceptors (Lipinski definition) is 3. The molecule has 0 bridgehead atoms. The van der Waals surface area contributed by atoms with Gasteiger partial charge in [0.15, 0.2) is 5.82 Å². The standard InChI is InChI=1S/C9H8BrClN4/c1-2-7-12-3-4-15(7)8-6(10)5-13-9(11)14-8/h3-5H,2H2,1H3. The van der Waals surface area contributed by atoms with Crippen LogP contribution in [0.5, 0.6) is 0 Å². The zero-order valence-electron chi connectivity index (χ0n) is 7.98. The molecule has 78 valence electrons. The summed E-state index contributed by atoms with van der Waals surface area (Å²) < 4.78 is 2.68. The Hall–Kier alpha value is -0.940. The van der Waals surface area contributed by atoms with Gasteiger partial charge in [-0.2, -0.15) is 4.98 Å². The average molecular weight is 288 g/mol. The molecule has 0 aliphatic rings. The largest absolute Gasteiger partial charge is 0.287 e. The monoisotopic (exact) mass is 286 g/mol. The molecule has 2 rings (SSSR count). The van der Waals surface area contributed by atoms with Gasteiger partial charge in [-0.3, -0.25) is 4.57 Å². The molecule has 2 heterocycles. The zero-order chi connectivity index (χ0) is 10.8. The Morgan fingerprint density at radius 1 is 1.47 bits per heavy atom. The van der Waals surface area contributed by atoms with E-state index in [1.807, 2.05) is 17.7 Å². The van der Waals surface area contributed by atoms with Crippen molar-refractivity contribution in [1.82, 2.24) is 19.5 Å². The molecule has 2 aromatic rings. The Balaban J connectivity index is 2.58. The predicted molar refractivity (Wildman–Crippen MR) is 61.2 cm³/mol. The fraction of sp³-hybridized carbons (Fsp3) is 0.222. The third-order valence-corrected chi connectivity index (χ3v) is 2.70. The molecule has 6 heteroatoms. The quantitative estimate of drug-likeness (QED) is 0.798. The molecule has 0 saturated carbocycles. The van der Waals surface area contributed by atoms with Gasteiger partial charge < -0.3 is 0 Å². The first-order valence-electron chi connectivity index (χ1n) is 4.43. The molecule has 0 aromatic carbocycles. The normalized spacial score (nSPS) is 10.6. The van der Waals surface area contributed by atoms with Gasteiger partial charge in [0.2, 0.25) is 5.28 Å². The van der Waals surface area contributed by atoms with Crippen LogP contribution in [-0.4, -0.2) is 19.5 Å². The summed E-state index contributed by atoms with van der Waals surface area (Å²) in [6.45, 7) is 2.04. The van der Waals surface area contributed by atoms with E-state index < -0.39 is 0 Å². The minimum absolute atomic E-state index is 0.226. The minimum atomic E-state index is 0.226. The lowest BCUT2D eigenvalue weighted by Crippen LogP contribution is -2.03. The molecule has 15 heavy (non-hydrogen) atoms. The highest BCUT2D eigenvalue weighted by molar-refractivity contribution is 9.10. The fourth-order valence-corrected chi connectivity index (χ4v) is 1.81. The van der Waals surface area contributed by atoms with Crippen LogP contribution >= 0.6 is 27.5 Å². The highest BCUT2D eigenvalue weighted by Crippen LogP contribution is 2.20. The van der Waals surface area contributed by atoms with E-state index in [0.717, 1.165) is 16.7 Å². The third kappa shape index (κ3) is 2.03. The van der Waals surface area contributed by atoms with Gasteiger partial charge in [-0.05, 0) is 27.5 Å². The van der Waals surface area contributed by atoms with E-state index in [0.29, 0.717) is 5.82 Å². The van der Waals surface area contributed by atoms with Gasteiger partial charge in [0.05, 0.1) is 4.47 Å². The Morgan fingerprint density at radius 3 is 3.00 bits per heavy atom. The SMILES string of the molecule is CCc1nccn1-c1nc(Cl)ncc1Br. The molecule has 0 spiro atoms. The molecule has 0 atom stereocenters. The zero-order valence-corrected chi connectivity index (χ0v) is 10.3. The maximum Gasteiger partial charge on any atom is 0.224 e. The number of aryl methyl sites for hydroxylation is 1.